The van der Waals surface area contributed by atoms with Gasteiger partial charge in [-0.2, -0.15) is 0 Å². The molecule has 76 valence electrons. The summed E-state index contributed by atoms with van der Waals surface area (Å²) in [4.78, 5) is 11.0. The van der Waals surface area contributed by atoms with E-state index in [9.17, 15) is 4.79 Å². The van der Waals surface area contributed by atoms with Gasteiger partial charge >= 0.3 is 0 Å². The lowest BCUT2D eigenvalue weighted by molar-refractivity contribution is -0.125. The molecule has 1 saturated heterocycles. The first-order valence-electron chi connectivity index (χ1n) is 4.48. The van der Waals surface area contributed by atoms with Crippen molar-refractivity contribution in [1.82, 2.24) is 5.32 Å². The Morgan fingerprint density at radius 1 is 1.62 bits per heavy atom. The summed E-state index contributed by atoms with van der Waals surface area (Å²) in [6, 6.07) is 0. The Balaban J connectivity index is 2.37. The zero-order chi connectivity index (χ0) is 10.1. The van der Waals surface area contributed by atoms with E-state index >= 15 is 0 Å². The lowest BCUT2D eigenvalue weighted by Crippen LogP contribution is -2.57. The summed E-state index contributed by atoms with van der Waals surface area (Å²) in [7, 11) is 0. The van der Waals surface area contributed by atoms with Crippen LogP contribution in [0.15, 0.2) is 0 Å². The van der Waals surface area contributed by atoms with E-state index in [4.69, 9.17) is 10.5 Å². The SMILES string of the molecule is CC1(CNC(C)(C)C(N)=O)COC1. The van der Waals surface area contributed by atoms with Crippen LogP contribution in [-0.2, 0) is 9.53 Å². The Hall–Kier alpha value is -0.610. The third-order valence-corrected chi connectivity index (χ3v) is 2.47. The number of primary amides is 1. The van der Waals surface area contributed by atoms with Crippen molar-refractivity contribution in [2.24, 2.45) is 11.1 Å². The molecule has 4 nitrogen and oxygen atoms in total. The lowest BCUT2D eigenvalue weighted by Gasteiger charge is -2.40. The van der Waals surface area contributed by atoms with E-state index in [-0.39, 0.29) is 11.3 Å². The largest absolute Gasteiger partial charge is 0.380 e. The molecule has 1 rings (SSSR count). The van der Waals surface area contributed by atoms with Crippen LogP contribution in [0.5, 0.6) is 0 Å². The second kappa shape index (κ2) is 3.27. The maximum atomic E-state index is 11.0. The van der Waals surface area contributed by atoms with Gasteiger partial charge in [0.25, 0.3) is 0 Å². The molecule has 0 aromatic rings. The van der Waals surface area contributed by atoms with Crippen LogP contribution in [0.25, 0.3) is 0 Å². The number of nitrogens with one attached hydrogen (secondary N) is 1. The van der Waals surface area contributed by atoms with Crippen LogP contribution in [0.1, 0.15) is 20.8 Å². The van der Waals surface area contributed by atoms with Crippen molar-refractivity contribution < 1.29 is 9.53 Å². The van der Waals surface area contributed by atoms with Crippen LogP contribution in [0.3, 0.4) is 0 Å². The fourth-order valence-electron chi connectivity index (χ4n) is 1.07. The minimum absolute atomic E-state index is 0.173. The van der Waals surface area contributed by atoms with Gasteiger partial charge in [0.15, 0.2) is 0 Å². The van der Waals surface area contributed by atoms with Gasteiger partial charge in [-0.15, -0.1) is 0 Å². The molecule has 13 heavy (non-hydrogen) atoms. The van der Waals surface area contributed by atoms with E-state index < -0.39 is 5.54 Å². The van der Waals surface area contributed by atoms with Crippen molar-refractivity contribution in [1.29, 1.82) is 0 Å². The maximum absolute atomic E-state index is 11.0. The van der Waals surface area contributed by atoms with Crippen LogP contribution in [0.4, 0.5) is 0 Å². The molecule has 3 N–H and O–H groups in total. The number of ether oxygens (including phenoxy) is 1. The molecule has 0 saturated carbocycles. The fourth-order valence-corrected chi connectivity index (χ4v) is 1.07. The zero-order valence-electron chi connectivity index (χ0n) is 8.52. The number of amides is 1. The topological polar surface area (TPSA) is 64.3 Å². The summed E-state index contributed by atoms with van der Waals surface area (Å²) in [5.41, 5.74) is 4.77. The second-order valence-corrected chi connectivity index (χ2v) is 4.65. The molecule has 1 fully saturated rings. The average Bonchev–Trinajstić information content (AvgIpc) is 1.97. The third-order valence-electron chi connectivity index (χ3n) is 2.47. The molecule has 0 bridgehead atoms. The molecule has 0 radical (unpaired) electrons. The number of hydrogen-bond acceptors (Lipinski definition) is 3. The summed E-state index contributed by atoms with van der Waals surface area (Å²) >= 11 is 0. The van der Waals surface area contributed by atoms with Crippen LogP contribution < -0.4 is 11.1 Å². The first-order chi connectivity index (χ1) is 5.86. The first-order valence-corrected chi connectivity index (χ1v) is 4.48. The monoisotopic (exact) mass is 186 g/mol. The quantitative estimate of drug-likeness (QED) is 0.643. The van der Waals surface area contributed by atoms with Gasteiger partial charge in [-0.1, -0.05) is 6.92 Å². The van der Waals surface area contributed by atoms with Crippen molar-refractivity contribution in [2.75, 3.05) is 19.8 Å². The van der Waals surface area contributed by atoms with Gasteiger partial charge in [0.05, 0.1) is 18.8 Å². The molecular formula is C9H18N2O2. The van der Waals surface area contributed by atoms with E-state index in [1.54, 1.807) is 13.8 Å². The van der Waals surface area contributed by atoms with E-state index in [0.29, 0.717) is 0 Å². The lowest BCUT2D eigenvalue weighted by atomic mass is 9.87. The van der Waals surface area contributed by atoms with Crippen LogP contribution in [0, 0.1) is 5.41 Å². The molecule has 0 unspecified atom stereocenters. The Morgan fingerprint density at radius 2 is 2.15 bits per heavy atom. The fraction of sp³-hybridized carbons (Fsp3) is 0.889. The highest BCUT2D eigenvalue weighted by Crippen LogP contribution is 2.25. The van der Waals surface area contributed by atoms with Gasteiger partial charge < -0.3 is 15.8 Å². The minimum atomic E-state index is -0.626. The number of carbonyl (C=O) groups is 1. The second-order valence-electron chi connectivity index (χ2n) is 4.65. The number of nitrogens with two attached hydrogens (primary N) is 1. The highest BCUT2D eigenvalue weighted by Gasteiger charge is 2.36. The number of rotatable bonds is 4. The summed E-state index contributed by atoms with van der Waals surface area (Å²) in [6.45, 7) is 7.99. The van der Waals surface area contributed by atoms with Gasteiger partial charge in [-0.25, -0.2) is 0 Å². The average molecular weight is 186 g/mol. The van der Waals surface area contributed by atoms with Gasteiger partial charge in [-0.05, 0) is 13.8 Å². The van der Waals surface area contributed by atoms with E-state index in [1.165, 1.54) is 0 Å². The normalized spacial score (nSPS) is 20.8. The molecular weight excluding hydrogens is 168 g/mol. The van der Waals surface area contributed by atoms with Crippen LogP contribution in [0.2, 0.25) is 0 Å². The molecule has 1 amide bonds. The summed E-state index contributed by atoms with van der Waals surface area (Å²) in [5.74, 6) is -0.323. The predicted molar refractivity (Wildman–Crippen MR) is 50.2 cm³/mol. The zero-order valence-corrected chi connectivity index (χ0v) is 8.52. The van der Waals surface area contributed by atoms with Gasteiger partial charge in [-0.3, -0.25) is 4.79 Å². The minimum Gasteiger partial charge on any atom is -0.380 e. The molecule has 0 aliphatic carbocycles. The molecule has 1 aliphatic rings. The van der Waals surface area contributed by atoms with E-state index in [0.717, 1.165) is 19.8 Å². The maximum Gasteiger partial charge on any atom is 0.237 e. The van der Waals surface area contributed by atoms with Crippen molar-refractivity contribution in [3.8, 4) is 0 Å². The Morgan fingerprint density at radius 3 is 2.46 bits per heavy atom. The van der Waals surface area contributed by atoms with Crippen molar-refractivity contribution in [2.45, 2.75) is 26.3 Å². The highest BCUT2D eigenvalue weighted by molar-refractivity contribution is 5.83. The molecule has 1 aliphatic heterocycles. The Labute approximate surface area is 78.8 Å². The molecule has 4 heteroatoms. The number of hydrogen-bond donors (Lipinski definition) is 2. The van der Waals surface area contributed by atoms with Crippen molar-refractivity contribution >= 4 is 5.91 Å². The molecule has 0 aromatic heterocycles. The number of carbonyl (C=O) groups excluding carboxylic acids is 1. The van der Waals surface area contributed by atoms with Gasteiger partial charge in [0, 0.05) is 12.0 Å². The first kappa shape index (κ1) is 10.5. The van der Waals surface area contributed by atoms with Crippen molar-refractivity contribution in [3.05, 3.63) is 0 Å². The highest BCUT2D eigenvalue weighted by atomic mass is 16.5. The van der Waals surface area contributed by atoms with E-state index in [2.05, 4.69) is 12.2 Å². The summed E-state index contributed by atoms with van der Waals surface area (Å²) < 4.78 is 5.11. The molecule has 0 spiro atoms. The third kappa shape index (κ3) is 2.42. The van der Waals surface area contributed by atoms with Crippen LogP contribution in [-0.4, -0.2) is 31.2 Å². The van der Waals surface area contributed by atoms with Gasteiger partial charge in [0.2, 0.25) is 5.91 Å². The summed E-state index contributed by atoms with van der Waals surface area (Å²) in [5, 5.41) is 3.15. The standard InChI is InChI=1S/C9H18N2O2/c1-8(2,7(10)12)11-4-9(3)5-13-6-9/h11H,4-6H2,1-3H3,(H2,10,12). The Kier molecular flexibility index (Phi) is 2.63. The molecule has 0 aromatic carbocycles. The van der Waals surface area contributed by atoms with Crippen LogP contribution >= 0.6 is 0 Å². The molecule has 1 heterocycles. The molecule has 0 atom stereocenters. The smallest absolute Gasteiger partial charge is 0.237 e. The van der Waals surface area contributed by atoms with E-state index in [1.807, 2.05) is 0 Å². The Bertz CT molecular complexity index is 210. The van der Waals surface area contributed by atoms with Crippen molar-refractivity contribution in [3.63, 3.8) is 0 Å². The predicted octanol–water partition coefficient (Wildman–Crippen LogP) is -0.124. The summed E-state index contributed by atoms with van der Waals surface area (Å²) in [6.07, 6.45) is 0. The van der Waals surface area contributed by atoms with Gasteiger partial charge in [0.1, 0.15) is 0 Å².